The summed E-state index contributed by atoms with van der Waals surface area (Å²) in [6, 6.07) is 11.4. The number of carbonyl (C=O) groups excluding carboxylic acids is 1. The molecule has 0 unspecified atom stereocenters. The van der Waals surface area contributed by atoms with E-state index in [1.165, 1.54) is 15.6 Å². The van der Waals surface area contributed by atoms with Gasteiger partial charge in [-0.3, -0.25) is 4.79 Å². The number of rotatable bonds is 7. The lowest BCUT2D eigenvalue weighted by Crippen LogP contribution is -2.42. The number of thiophene rings is 1. The Labute approximate surface area is 180 Å². The maximum absolute atomic E-state index is 12.7. The van der Waals surface area contributed by atoms with Gasteiger partial charge >= 0.3 is 0 Å². The van der Waals surface area contributed by atoms with Crippen LogP contribution in [0.3, 0.4) is 0 Å². The average molecular weight is 445 g/mol. The van der Waals surface area contributed by atoms with Crippen molar-refractivity contribution >= 4 is 27.3 Å². The Balaban J connectivity index is 1.32. The number of sulfonamides is 1. The largest absolute Gasteiger partial charge is 0.352 e. The summed E-state index contributed by atoms with van der Waals surface area (Å²) in [7, 11) is -3.44. The van der Waals surface area contributed by atoms with Crippen molar-refractivity contribution in [2.24, 2.45) is 5.92 Å². The molecule has 0 aliphatic carbocycles. The monoisotopic (exact) mass is 444 g/mol. The first kappa shape index (κ1) is 20.8. The van der Waals surface area contributed by atoms with Crippen LogP contribution in [0.5, 0.6) is 0 Å². The van der Waals surface area contributed by atoms with E-state index in [1.807, 2.05) is 29.0 Å². The smallest absolute Gasteiger partial charge is 0.252 e. The summed E-state index contributed by atoms with van der Waals surface area (Å²) in [6.45, 7) is 1.90. The second-order valence-corrected chi connectivity index (χ2v) is 10.4. The van der Waals surface area contributed by atoms with E-state index >= 15 is 0 Å². The van der Waals surface area contributed by atoms with Gasteiger partial charge in [0.25, 0.3) is 10.0 Å². The highest BCUT2D eigenvalue weighted by molar-refractivity contribution is 7.91. The van der Waals surface area contributed by atoms with Gasteiger partial charge in [-0.25, -0.2) is 13.4 Å². The molecule has 1 N–H and O–H groups in total. The highest BCUT2D eigenvalue weighted by Gasteiger charge is 2.32. The summed E-state index contributed by atoms with van der Waals surface area (Å²) in [6.07, 6.45) is 6.50. The maximum Gasteiger partial charge on any atom is 0.252 e. The molecule has 0 spiro atoms. The molecule has 1 aromatic carbocycles. The van der Waals surface area contributed by atoms with E-state index in [1.54, 1.807) is 30.0 Å². The molecule has 3 heterocycles. The molecular formula is C21H24N4O3S2. The van der Waals surface area contributed by atoms with Crippen molar-refractivity contribution in [2.45, 2.75) is 30.1 Å². The Kier molecular flexibility index (Phi) is 6.31. The van der Waals surface area contributed by atoms with Crippen molar-refractivity contribution in [3.63, 3.8) is 0 Å². The van der Waals surface area contributed by atoms with Crippen LogP contribution >= 0.6 is 11.3 Å². The van der Waals surface area contributed by atoms with Gasteiger partial charge in [0.05, 0.1) is 6.33 Å². The molecule has 0 atom stereocenters. The Morgan fingerprint density at radius 2 is 1.90 bits per heavy atom. The molecule has 0 bridgehead atoms. The minimum atomic E-state index is -3.44. The number of nitrogens with zero attached hydrogens (tertiary/aromatic N) is 3. The number of hydrogen-bond acceptors (Lipinski definition) is 5. The molecule has 0 saturated carbocycles. The third-order valence-corrected chi connectivity index (χ3v) is 8.67. The van der Waals surface area contributed by atoms with Gasteiger partial charge in [-0.05, 0) is 35.4 Å². The van der Waals surface area contributed by atoms with Gasteiger partial charge in [-0.1, -0.05) is 30.3 Å². The summed E-state index contributed by atoms with van der Waals surface area (Å²) in [5, 5.41) is 4.80. The van der Waals surface area contributed by atoms with Crippen molar-refractivity contribution < 1.29 is 13.2 Å². The topological polar surface area (TPSA) is 84.3 Å². The fraction of sp³-hybridized carbons (Fsp3) is 0.333. The van der Waals surface area contributed by atoms with Crippen LogP contribution in [-0.2, 0) is 27.9 Å². The zero-order valence-corrected chi connectivity index (χ0v) is 18.1. The minimum Gasteiger partial charge on any atom is -0.352 e. The average Bonchev–Trinajstić information content (AvgIpc) is 3.48. The summed E-state index contributed by atoms with van der Waals surface area (Å²) in [4.78, 5) is 16.8. The van der Waals surface area contributed by atoms with Crippen molar-refractivity contribution in [1.29, 1.82) is 0 Å². The first-order chi connectivity index (χ1) is 14.5. The molecule has 4 rings (SSSR count). The number of aromatic nitrogens is 2. The zero-order valence-electron chi connectivity index (χ0n) is 16.5. The summed E-state index contributed by atoms with van der Waals surface area (Å²) < 4.78 is 29.1. The van der Waals surface area contributed by atoms with E-state index in [-0.39, 0.29) is 11.8 Å². The number of benzene rings is 1. The normalized spacial score (nSPS) is 15.9. The second kappa shape index (κ2) is 9.11. The van der Waals surface area contributed by atoms with Crippen LogP contribution in [0.25, 0.3) is 0 Å². The summed E-state index contributed by atoms with van der Waals surface area (Å²) >= 11 is 1.22. The quantitative estimate of drug-likeness (QED) is 0.607. The highest BCUT2D eigenvalue weighted by Crippen LogP contribution is 2.26. The molecule has 3 aromatic rings. The number of amides is 1. The molecule has 1 fully saturated rings. The maximum atomic E-state index is 12.7. The Bertz CT molecular complexity index is 1070. The number of hydrogen-bond donors (Lipinski definition) is 1. The van der Waals surface area contributed by atoms with E-state index in [0.717, 1.165) is 11.1 Å². The van der Waals surface area contributed by atoms with Crippen molar-refractivity contribution in [3.05, 3.63) is 71.6 Å². The van der Waals surface area contributed by atoms with E-state index in [9.17, 15) is 13.2 Å². The van der Waals surface area contributed by atoms with Crippen LogP contribution in [0, 0.1) is 5.92 Å². The highest BCUT2D eigenvalue weighted by atomic mass is 32.2. The number of carbonyl (C=O) groups is 1. The number of imidazole rings is 1. The molecule has 1 amide bonds. The molecule has 2 aromatic heterocycles. The zero-order chi connectivity index (χ0) is 21.0. The van der Waals surface area contributed by atoms with E-state index < -0.39 is 10.0 Å². The predicted octanol–water partition coefficient (Wildman–Crippen LogP) is 2.71. The van der Waals surface area contributed by atoms with Crippen molar-refractivity contribution in [1.82, 2.24) is 19.2 Å². The Morgan fingerprint density at radius 1 is 1.13 bits per heavy atom. The van der Waals surface area contributed by atoms with Gasteiger partial charge in [0.2, 0.25) is 5.91 Å². The molecule has 1 aliphatic heterocycles. The lowest BCUT2D eigenvalue weighted by molar-refractivity contribution is -0.126. The number of piperidine rings is 1. The third-order valence-electron chi connectivity index (χ3n) is 5.40. The van der Waals surface area contributed by atoms with Crippen LogP contribution in [0.1, 0.15) is 24.0 Å². The first-order valence-corrected chi connectivity index (χ1v) is 12.2. The predicted molar refractivity (Wildman–Crippen MR) is 115 cm³/mol. The Hall–Kier alpha value is -2.49. The SMILES string of the molecule is O=C(NCc1ccccc1Cn1ccnc1)C1CCN(S(=O)(=O)c2cccs2)CC1. The first-order valence-electron chi connectivity index (χ1n) is 9.88. The summed E-state index contributed by atoms with van der Waals surface area (Å²) in [5.74, 6) is -0.179. The molecule has 7 nitrogen and oxygen atoms in total. The van der Waals surface area contributed by atoms with Crippen LogP contribution in [0.2, 0.25) is 0 Å². The van der Waals surface area contributed by atoms with E-state index in [0.29, 0.717) is 43.2 Å². The van der Waals surface area contributed by atoms with Gasteiger partial charge in [0.1, 0.15) is 4.21 Å². The fourth-order valence-electron chi connectivity index (χ4n) is 3.68. The fourth-order valence-corrected chi connectivity index (χ4v) is 6.30. The lowest BCUT2D eigenvalue weighted by atomic mass is 9.97. The molecule has 1 saturated heterocycles. The van der Waals surface area contributed by atoms with E-state index in [4.69, 9.17) is 0 Å². The van der Waals surface area contributed by atoms with Crippen LogP contribution in [0.15, 0.2) is 64.7 Å². The van der Waals surface area contributed by atoms with Crippen LogP contribution in [-0.4, -0.2) is 41.3 Å². The molecule has 9 heteroatoms. The minimum absolute atomic E-state index is 0.0133. The van der Waals surface area contributed by atoms with Gasteiger partial charge < -0.3 is 9.88 Å². The molecular weight excluding hydrogens is 420 g/mol. The standard InChI is InChI=1S/C21H24N4O3S2/c26-21(17-7-10-25(11-8-17)30(27,28)20-6-3-13-29-20)23-14-18-4-1-2-5-19(18)15-24-12-9-22-16-24/h1-6,9,12-13,16-17H,7-8,10-11,14-15H2,(H,23,26). The molecule has 0 radical (unpaired) electrons. The Morgan fingerprint density at radius 3 is 2.57 bits per heavy atom. The molecule has 1 aliphatic rings. The van der Waals surface area contributed by atoms with Crippen LogP contribution < -0.4 is 5.32 Å². The number of nitrogens with one attached hydrogen (secondary N) is 1. The summed E-state index contributed by atoms with van der Waals surface area (Å²) in [5.41, 5.74) is 2.20. The third kappa shape index (κ3) is 4.63. The molecule has 30 heavy (non-hydrogen) atoms. The van der Waals surface area contributed by atoms with Crippen molar-refractivity contribution in [3.8, 4) is 0 Å². The molecule has 158 valence electrons. The van der Waals surface area contributed by atoms with Gasteiger partial charge in [-0.15, -0.1) is 11.3 Å². The second-order valence-electron chi connectivity index (χ2n) is 7.33. The van der Waals surface area contributed by atoms with Gasteiger partial charge in [-0.2, -0.15) is 4.31 Å². The van der Waals surface area contributed by atoms with Gasteiger partial charge in [0.15, 0.2) is 0 Å². The van der Waals surface area contributed by atoms with E-state index in [2.05, 4.69) is 16.4 Å². The van der Waals surface area contributed by atoms with Gasteiger partial charge in [0, 0.05) is 44.5 Å². The van der Waals surface area contributed by atoms with Crippen molar-refractivity contribution in [2.75, 3.05) is 13.1 Å². The van der Waals surface area contributed by atoms with Crippen LogP contribution in [0.4, 0.5) is 0 Å². The lowest BCUT2D eigenvalue weighted by Gasteiger charge is -2.30.